The van der Waals surface area contributed by atoms with E-state index in [4.69, 9.17) is 17.3 Å². The van der Waals surface area contributed by atoms with E-state index >= 15 is 0 Å². The maximum Gasteiger partial charge on any atom is 0.152 e. The van der Waals surface area contributed by atoms with Gasteiger partial charge in [0.1, 0.15) is 6.04 Å². The molecule has 0 aliphatic rings. The van der Waals surface area contributed by atoms with Gasteiger partial charge in [-0.15, -0.1) is 0 Å². The minimum Gasteiger partial charge on any atom is -0.316 e. The molecule has 0 aliphatic heterocycles. The molecular weight excluding hydrogens is 176 g/mol. The molecule has 64 valence electrons. The van der Waals surface area contributed by atoms with Gasteiger partial charge in [0.15, 0.2) is 5.78 Å². The number of Topliss-reactive ketones (excluding diaryl/α,β-unsaturated/α-hetero) is 1. The van der Waals surface area contributed by atoms with E-state index in [1.165, 1.54) is 6.92 Å². The highest BCUT2D eigenvalue weighted by atomic mass is 35.5. The predicted octanol–water partition coefficient (Wildman–Crippen LogP) is 1.32. The van der Waals surface area contributed by atoms with Gasteiger partial charge in [0, 0.05) is 6.20 Å². The van der Waals surface area contributed by atoms with E-state index in [1.807, 2.05) is 0 Å². The summed E-state index contributed by atoms with van der Waals surface area (Å²) < 4.78 is 0. The van der Waals surface area contributed by atoms with Crippen LogP contribution in [0.25, 0.3) is 0 Å². The van der Waals surface area contributed by atoms with Gasteiger partial charge in [-0.2, -0.15) is 0 Å². The highest BCUT2D eigenvalue weighted by molar-refractivity contribution is 6.31. The first kappa shape index (κ1) is 9.16. The smallest absolute Gasteiger partial charge is 0.152 e. The number of halogens is 1. The van der Waals surface area contributed by atoms with E-state index in [9.17, 15) is 4.79 Å². The normalized spacial score (nSPS) is 12.6. The number of carbonyl (C=O) groups is 1. The van der Waals surface area contributed by atoms with Crippen LogP contribution in [0.1, 0.15) is 18.7 Å². The van der Waals surface area contributed by atoms with E-state index in [2.05, 4.69) is 4.98 Å². The van der Waals surface area contributed by atoms with Gasteiger partial charge in [-0.1, -0.05) is 11.6 Å². The van der Waals surface area contributed by atoms with Crippen LogP contribution in [0.4, 0.5) is 0 Å². The number of carbonyl (C=O) groups excluding carboxylic acids is 1. The van der Waals surface area contributed by atoms with Crippen molar-refractivity contribution in [2.24, 2.45) is 5.73 Å². The van der Waals surface area contributed by atoms with Crippen LogP contribution in [-0.4, -0.2) is 10.8 Å². The SMILES string of the molecule is CC(=O)C(N)c1ncccc1Cl. The third kappa shape index (κ3) is 1.81. The van der Waals surface area contributed by atoms with Crippen molar-refractivity contribution in [2.45, 2.75) is 13.0 Å². The van der Waals surface area contributed by atoms with Crippen molar-refractivity contribution in [1.29, 1.82) is 0 Å². The average Bonchev–Trinajstić information content (AvgIpc) is 2.04. The number of hydrogen-bond donors (Lipinski definition) is 1. The third-order valence-electron chi connectivity index (χ3n) is 1.52. The second-order valence-electron chi connectivity index (χ2n) is 2.46. The fourth-order valence-corrected chi connectivity index (χ4v) is 1.06. The molecule has 3 nitrogen and oxygen atoms in total. The van der Waals surface area contributed by atoms with E-state index in [0.717, 1.165) is 0 Å². The number of pyridine rings is 1. The molecule has 0 bridgehead atoms. The molecule has 1 atom stereocenters. The Labute approximate surface area is 75.6 Å². The summed E-state index contributed by atoms with van der Waals surface area (Å²) in [6.45, 7) is 1.41. The highest BCUT2D eigenvalue weighted by Crippen LogP contribution is 2.18. The van der Waals surface area contributed by atoms with Gasteiger partial charge in [0.2, 0.25) is 0 Å². The van der Waals surface area contributed by atoms with Crippen molar-refractivity contribution in [3.8, 4) is 0 Å². The second-order valence-corrected chi connectivity index (χ2v) is 2.87. The Morgan fingerprint density at radius 1 is 1.75 bits per heavy atom. The molecule has 0 aromatic carbocycles. The zero-order valence-electron chi connectivity index (χ0n) is 6.62. The van der Waals surface area contributed by atoms with Crippen LogP contribution in [0.2, 0.25) is 5.02 Å². The number of nitrogens with two attached hydrogens (primary N) is 1. The molecule has 12 heavy (non-hydrogen) atoms. The standard InChI is InChI=1S/C8H9ClN2O/c1-5(12)7(10)8-6(9)3-2-4-11-8/h2-4,7H,10H2,1H3. The Kier molecular flexibility index (Phi) is 2.78. The van der Waals surface area contributed by atoms with Crippen molar-refractivity contribution in [2.75, 3.05) is 0 Å². The Balaban J connectivity index is 3.02. The molecule has 1 unspecified atom stereocenters. The topological polar surface area (TPSA) is 56.0 Å². The lowest BCUT2D eigenvalue weighted by Crippen LogP contribution is -2.20. The van der Waals surface area contributed by atoms with Crippen LogP contribution in [0.3, 0.4) is 0 Å². The fourth-order valence-electron chi connectivity index (χ4n) is 0.819. The lowest BCUT2D eigenvalue weighted by molar-refractivity contribution is -0.118. The molecule has 0 radical (unpaired) electrons. The Morgan fingerprint density at radius 2 is 2.42 bits per heavy atom. The van der Waals surface area contributed by atoms with Crippen LogP contribution in [0.5, 0.6) is 0 Å². The first-order valence-corrected chi connectivity index (χ1v) is 3.87. The van der Waals surface area contributed by atoms with Gasteiger partial charge in [-0.3, -0.25) is 9.78 Å². The number of nitrogens with zero attached hydrogens (tertiary/aromatic N) is 1. The summed E-state index contributed by atoms with van der Waals surface area (Å²) in [4.78, 5) is 14.8. The number of hydrogen-bond acceptors (Lipinski definition) is 3. The van der Waals surface area contributed by atoms with Crippen molar-refractivity contribution in [1.82, 2.24) is 4.98 Å². The maximum atomic E-state index is 10.9. The summed E-state index contributed by atoms with van der Waals surface area (Å²) in [5.41, 5.74) is 5.98. The molecule has 0 amide bonds. The summed E-state index contributed by atoms with van der Waals surface area (Å²) >= 11 is 5.77. The van der Waals surface area contributed by atoms with Gasteiger partial charge >= 0.3 is 0 Å². The average molecular weight is 185 g/mol. The molecule has 0 saturated carbocycles. The zero-order chi connectivity index (χ0) is 9.14. The van der Waals surface area contributed by atoms with Crippen molar-refractivity contribution in [3.63, 3.8) is 0 Å². The maximum absolute atomic E-state index is 10.9. The molecule has 1 heterocycles. The monoisotopic (exact) mass is 184 g/mol. The summed E-state index contributed by atoms with van der Waals surface area (Å²) in [6, 6.07) is 2.64. The zero-order valence-corrected chi connectivity index (χ0v) is 7.38. The van der Waals surface area contributed by atoms with Crippen LogP contribution in [0.15, 0.2) is 18.3 Å². The van der Waals surface area contributed by atoms with Crippen LogP contribution in [-0.2, 0) is 4.79 Å². The Morgan fingerprint density at radius 3 is 2.92 bits per heavy atom. The van der Waals surface area contributed by atoms with Gasteiger partial charge in [0.05, 0.1) is 10.7 Å². The number of aromatic nitrogens is 1. The van der Waals surface area contributed by atoms with Crippen molar-refractivity contribution in [3.05, 3.63) is 29.0 Å². The molecule has 0 aliphatic carbocycles. The Hall–Kier alpha value is -0.930. The highest BCUT2D eigenvalue weighted by Gasteiger charge is 2.14. The molecular formula is C8H9ClN2O. The fraction of sp³-hybridized carbons (Fsp3) is 0.250. The lowest BCUT2D eigenvalue weighted by Gasteiger charge is -2.07. The van der Waals surface area contributed by atoms with Crippen molar-refractivity contribution < 1.29 is 4.79 Å². The molecule has 1 rings (SSSR count). The minimum atomic E-state index is -0.710. The van der Waals surface area contributed by atoms with Gasteiger partial charge < -0.3 is 5.73 Å². The quantitative estimate of drug-likeness (QED) is 0.755. The first-order valence-electron chi connectivity index (χ1n) is 3.49. The third-order valence-corrected chi connectivity index (χ3v) is 1.84. The van der Waals surface area contributed by atoms with Gasteiger partial charge in [-0.25, -0.2) is 0 Å². The lowest BCUT2D eigenvalue weighted by atomic mass is 10.1. The van der Waals surface area contributed by atoms with E-state index in [0.29, 0.717) is 10.7 Å². The summed E-state index contributed by atoms with van der Waals surface area (Å²) in [6.07, 6.45) is 1.56. The van der Waals surface area contributed by atoms with Crippen LogP contribution in [0, 0.1) is 0 Å². The molecule has 1 aromatic rings. The molecule has 2 N–H and O–H groups in total. The largest absolute Gasteiger partial charge is 0.316 e. The van der Waals surface area contributed by atoms with E-state index in [1.54, 1.807) is 18.3 Å². The number of rotatable bonds is 2. The van der Waals surface area contributed by atoms with Gasteiger partial charge in [0.25, 0.3) is 0 Å². The Bertz CT molecular complexity index is 301. The molecule has 0 spiro atoms. The number of ketones is 1. The minimum absolute atomic E-state index is 0.143. The molecule has 4 heteroatoms. The molecule has 1 aromatic heterocycles. The summed E-state index contributed by atoms with van der Waals surface area (Å²) in [5.74, 6) is -0.143. The predicted molar refractivity (Wildman–Crippen MR) is 46.9 cm³/mol. The van der Waals surface area contributed by atoms with Gasteiger partial charge in [-0.05, 0) is 19.1 Å². The first-order chi connectivity index (χ1) is 5.63. The summed E-state index contributed by atoms with van der Waals surface area (Å²) in [7, 11) is 0. The van der Waals surface area contributed by atoms with Crippen molar-refractivity contribution >= 4 is 17.4 Å². The summed E-state index contributed by atoms with van der Waals surface area (Å²) in [5, 5.41) is 0.431. The van der Waals surface area contributed by atoms with Crippen LogP contribution >= 0.6 is 11.6 Å². The van der Waals surface area contributed by atoms with Crippen LogP contribution < -0.4 is 5.73 Å². The van der Waals surface area contributed by atoms with E-state index < -0.39 is 6.04 Å². The molecule has 0 saturated heterocycles. The second kappa shape index (κ2) is 3.65. The molecule has 0 fully saturated rings. The van der Waals surface area contributed by atoms with E-state index in [-0.39, 0.29) is 5.78 Å².